The Morgan fingerprint density at radius 1 is 1.36 bits per heavy atom. The van der Waals surface area contributed by atoms with Crippen molar-refractivity contribution in [3.05, 3.63) is 12.3 Å². The molecule has 1 aliphatic carbocycles. The quantitative estimate of drug-likeness (QED) is 0.715. The van der Waals surface area contributed by atoms with Crippen LogP contribution < -0.4 is 10.6 Å². The van der Waals surface area contributed by atoms with Gasteiger partial charge in [-0.25, -0.2) is 4.79 Å². The predicted molar refractivity (Wildman–Crippen MR) is 57.9 cm³/mol. The molecule has 14 heavy (non-hydrogen) atoms. The second-order valence-corrected chi connectivity index (χ2v) is 4.18. The molecule has 3 nitrogen and oxygen atoms in total. The Kier molecular flexibility index (Phi) is 4.50. The van der Waals surface area contributed by atoms with Crippen molar-refractivity contribution in [2.45, 2.75) is 45.6 Å². The van der Waals surface area contributed by atoms with Gasteiger partial charge in [-0.05, 0) is 32.6 Å². The maximum absolute atomic E-state index is 11.2. The lowest BCUT2D eigenvalue weighted by molar-refractivity contribution is 0.242. The minimum atomic E-state index is -0.116. The molecule has 0 bridgehead atoms. The van der Waals surface area contributed by atoms with E-state index < -0.39 is 0 Å². The highest BCUT2D eigenvalue weighted by molar-refractivity contribution is 5.75. The number of rotatable bonds is 3. The van der Waals surface area contributed by atoms with Gasteiger partial charge < -0.3 is 10.6 Å². The molecule has 1 fully saturated rings. The van der Waals surface area contributed by atoms with Crippen molar-refractivity contribution in [2.24, 2.45) is 5.92 Å². The molecule has 1 saturated carbocycles. The summed E-state index contributed by atoms with van der Waals surface area (Å²) in [6, 6.07) is 0.0733. The average Bonchev–Trinajstić information content (AvgIpc) is 2.55. The fourth-order valence-corrected chi connectivity index (χ4v) is 1.71. The summed E-state index contributed by atoms with van der Waals surface area (Å²) in [4.78, 5) is 11.2. The summed E-state index contributed by atoms with van der Waals surface area (Å²) in [7, 11) is 0. The Bertz CT molecular complexity index is 205. The van der Waals surface area contributed by atoms with Gasteiger partial charge in [0.15, 0.2) is 0 Å². The SMILES string of the molecule is CC(C)NC(=O)N/C=C/C1CCCC1. The Balaban J connectivity index is 2.15. The Hall–Kier alpha value is -0.990. The minimum absolute atomic E-state index is 0.116. The van der Waals surface area contributed by atoms with Crippen LogP contribution in [0, 0.1) is 5.92 Å². The van der Waals surface area contributed by atoms with Crippen molar-refractivity contribution >= 4 is 6.03 Å². The molecule has 1 aliphatic rings. The van der Waals surface area contributed by atoms with Crippen molar-refractivity contribution in [1.82, 2.24) is 10.6 Å². The van der Waals surface area contributed by atoms with E-state index in [9.17, 15) is 4.79 Å². The normalized spacial score (nSPS) is 17.9. The van der Waals surface area contributed by atoms with Crippen LogP contribution in [0.1, 0.15) is 39.5 Å². The first-order valence-corrected chi connectivity index (χ1v) is 5.42. The maximum Gasteiger partial charge on any atom is 0.318 e. The molecule has 0 atom stereocenters. The van der Waals surface area contributed by atoms with E-state index in [2.05, 4.69) is 16.7 Å². The van der Waals surface area contributed by atoms with Crippen LogP contribution in [0.5, 0.6) is 0 Å². The van der Waals surface area contributed by atoms with Gasteiger partial charge in [0.25, 0.3) is 0 Å². The smallest absolute Gasteiger partial charge is 0.318 e. The van der Waals surface area contributed by atoms with Gasteiger partial charge >= 0.3 is 6.03 Å². The van der Waals surface area contributed by atoms with Gasteiger partial charge in [0.1, 0.15) is 0 Å². The van der Waals surface area contributed by atoms with Gasteiger partial charge in [-0.3, -0.25) is 0 Å². The fraction of sp³-hybridized carbons (Fsp3) is 0.727. The van der Waals surface area contributed by atoms with Crippen LogP contribution in [0.3, 0.4) is 0 Å². The molecular weight excluding hydrogens is 176 g/mol. The largest absolute Gasteiger partial charge is 0.336 e. The van der Waals surface area contributed by atoms with E-state index in [0.717, 1.165) is 0 Å². The molecule has 0 heterocycles. The Morgan fingerprint density at radius 3 is 2.57 bits per heavy atom. The van der Waals surface area contributed by atoms with Gasteiger partial charge in [0.05, 0.1) is 0 Å². The van der Waals surface area contributed by atoms with Gasteiger partial charge in [-0.2, -0.15) is 0 Å². The highest BCUT2D eigenvalue weighted by Gasteiger charge is 2.11. The molecule has 2 N–H and O–H groups in total. The summed E-state index contributed by atoms with van der Waals surface area (Å²) < 4.78 is 0. The molecule has 0 radical (unpaired) electrons. The first-order chi connectivity index (χ1) is 6.68. The molecule has 0 saturated heterocycles. The summed E-state index contributed by atoms with van der Waals surface area (Å²) in [5.74, 6) is 0.675. The molecule has 1 rings (SSSR count). The predicted octanol–water partition coefficient (Wildman–Crippen LogP) is 2.40. The monoisotopic (exact) mass is 196 g/mol. The van der Waals surface area contributed by atoms with Gasteiger partial charge in [0.2, 0.25) is 0 Å². The van der Waals surface area contributed by atoms with Crippen LogP contribution in [0.4, 0.5) is 4.79 Å². The molecule has 0 spiro atoms. The lowest BCUT2D eigenvalue weighted by Crippen LogP contribution is -2.36. The molecule has 0 aromatic rings. The van der Waals surface area contributed by atoms with Crippen molar-refractivity contribution in [3.63, 3.8) is 0 Å². The number of carbonyl (C=O) groups excluding carboxylic acids is 1. The highest BCUT2D eigenvalue weighted by Crippen LogP contribution is 2.25. The molecule has 3 heteroatoms. The first-order valence-electron chi connectivity index (χ1n) is 5.42. The number of hydrogen-bond acceptors (Lipinski definition) is 1. The molecule has 2 amide bonds. The van der Waals surface area contributed by atoms with E-state index in [-0.39, 0.29) is 12.1 Å². The van der Waals surface area contributed by atoms with E-state index in [1.807, 2.05) is 13.8 Å². The number of hydrogen-bond donors (Lipinski definition) is 2. The zero-order valence-corrected chi connectivity index (χ0v) is 9.05. The molecule has 0 aromatic heterocycles. The Morgan fingerprint density at radius 2 is 2.00 bits per heavy atom. The zero-order chi connectivity index (χ0) is 10.4. The van der Waals surface area contributed by atoms with Crippen LogP contribution >= 0.6 is 0 Å². The van der Waals surface area contributed by atoms with Crippen LogP contribution in [0.2, 0.25) is 0 Å². The van der Waals surface area contributed by atoms with Gasteiger partial charge in [0, 0.05) is 12.2 Å². The minimum Gasteiger partial charge on any atom is -0.336 e. The summed E-state index contributed by atoms with van der Waals surface area (Å²) >= 11 is 0. The van der Waals surface area contributed by atoms with Crippen LogP contribution in [-0.4, -0.2) is 12.1 Å². The third kappa shape index (κ3) is 4.30. The summed E-state index contributed by atoms with van der Waals surface area (Å²) in [6.45, 7) is 3.89. The van der Waals surface area contributed by atoms with Crippen LogP contribution in [0.15, 0.2) is 12.3 Å². The third-order valence-electron chi connectivity index (χ3n) is 2.40. The third-order valence-corrected chi connectivity index (χ3v) is 2.40. The van der Waals surface area contributed by atoms with Crippen molar-refractivity contribution < 1.29 is 4.79 Å². The number of allylic oxidation sites excluding steroid dienone is 1. The van der Waals surface area contributed by atoms with Crippen molar-refractivity contribution in [1.29, 1.82) is 0 Å². The molecule has 0 unspecified atom stereocenters. The standard InChI is InChI=1S/C11H20N2O/c1-9(2)13-11(14)12-8-7-10-5-3-4-6-10/h7-10H,3-6H2,1-2H3,(H2,12,13,14)/b8-7+. The Labute approximate surface area is 86.0 Å². The fourth-order valence-electron chi connectivity index (χ4n) is 1.71. The van der Waals surface area contributed by atoms with E-state index >= 15 is 0 Å². The average molecular weight is 196 g/mol. The highest BCUT2D eigenvalue weighted by atomic mass is 16.2. The van der Waals surface area contributed by atoms with Gasteiger partial charge in [-0.1, -0.05) is 18.9 Å². The lowest BCUT2D eigenvalue weighted by Gasteiger charge is -2.07. The van der Waals surface area contributed by atoms with Crippen molar-refractivity contribution in [3.8, 4) is 0 Å². The van der Waals surface area contributed by atoms with Crippen LogP contribution in [0.25, 0.3) is 0 Å². The number of carbonyl (C=O) groups is 1. The van der Waals surface area contributed by atoms with E-state index in [1.54, 1.807) is 6.20 Å². The first kappa shape index (κ1) is 11.1. The van der Waals surface area contributed by atoms with Crippen molar-refractivity contribution in [2.75, 3.05) is 0 Å². The lowest BCUT2D eigenvalue weighted by atomic mass is 10.1. The van der Waals surface area contributed by atoms with E-state index in [4.69, 9.17) is 0 Å². The maximum atomic E-state index is 11.2. The summed E-state index contributed by atoms with van der Waals surface area (Å²) in [5, 5.41) is 5.48. The van der Waals surface area contributed by atoms with E-state index in [1.165, 1.54) is 25.7 Å². The molecular formula is C11H20N2O. The number of amides is 2. The molecule has 0 aromatic carbocycles. The van der Waals surface area contributed by atoms with Crippen LogP contribution in [-0.2, 0) is 0 Å². The van der Waals surface area contributed by atoms with Gasteiger partial charge in [-0.15, -0.1) is 0 Å². The molecule has 0 aliphatic heterocycles. The number of urea groups is 1. The second kappa shape index (κ2) is 5.68. The second-order valence-electron chi connectivity index (χ2n) is 4.18. The summed E-state index contributed by atoms with van der Waals surface area (Å²) in [5.41, 5.74) is 0. The number of nitrogens with one attached hydrogen (secondary N) is 2. The topological polar surface area (TPSA) is 41.1 Å². The van der Waals surface area contributed by atoms with E-state index in [0.29, 0.717) is 5.92 Å². The summed E-state index contributed by atoms with van der Waals surface area (Å²) in [6.07, 6.45) is 9.06. The molecule has 80 valence electrons. The zero-order valence-electron chi connectivity index (χ0n) is 9.05.